The number of fused-ring (bicyclic) bond motifs is 1. The number of carbonyl (C=O) groups excluding carboxylic acids is 1. The van der Waals surface area contributed by atoms with Crippen molar-refractivity contribution >= 4 is 12.0 Å². The zero-order valence-electron chi connectivity index (χ0n) is 18.3. The van der Waals surface area contributed by atoms with Gasteiger partial charge in [-0.2, -0.15) is 0 Å². The van der Waals surface area contributed by atoms with E-state index in [0.717, 1.165) is 55.6 Å². The van der Waals surface area contributed by atoms with Gasteiger partial charge in [0.05, 0.1) is 12.7 Å². The minimum atomic E-state index is -0.302. The fourth-order valence-electron chi connectivity index (χ4n) is 3.95. The van der Waals surface area contributed by atoms with Crippen LogP contribution in [0.15, 0.2) is 52.7 Å². The predicted molar refractivity (Wildman–Crippen MR) is 119 cm³/mol. The average molecular weight is 438 g/mol. The van der Waals surface area contributed by atoms with Gasteiger partial charge in [-0.25, -0.2) is 4.39 Å². The zero-order valence-corrected chi connectivity index (χ0v) is 18.3. The third-order valence-corrected chi connectivity index (χ3v) is 5.55. The van der Waals surface area contributed by atoms with Crippen LogP contribution in [0.1, 0.15) is 29.9 Å². The van der Waals surface area contributed by atoms with Crippen molar-refractivity contribution in [1.82, 2.24) is 25.0 Å². The van der Waals surface area contributed by atoms with Gasteiger partial charge in [-0.15, -0.1) is 10.2 Å². The number of carbonyl (C=O) groups is 1. The highest BCUT2D eigenvalue weighted by molar-refractivity contribution is 5.78. The molecule has 0 saturated heterocycles. The Kier molecular flexibility index (Phi) is 7.11. The average Bonchev–Trinajstić information content (AvgIpc) is 3.37. The molecule has 1 amide bonds. The number of hydrogen-bond donors (Lipinski definition) is 1. The molecule has 0 radical (unpaired) electrons. The Balaban J connectivity index is 1.26. The van der Waals surface area contributed by atoms with E-state index in [0.29, 0.717) is 13.0 Å². The lowest BCUT2D eigenvalue weighted by Gasteiger charge is -2.19. The van der Waals surface area contributed by atoms with Gasteiger partial charge in [0.1, 0.15) is 23.2 Å². The maximum absolute atomic E-state index is 13.0. The van der Waals surface area contributed by atoms with Crippen LogP contribution in [0.2, 0.25) is 0 Å². The summed E-state index contributed by atoms with van der Waals surface area (Å²) in [6.45, 7) is 6.16. The first-order valence-electron chi connectivity index (χ1n) is 10.9. The zero-order chi connectivity index (χ0) is 22.3. The van der Waals surface area contributed by atoms with Crippen LogP contribution in [-0.2, 0) is 30.6 Å². The van der Waals surface area contributed by atoms with Crippen molar-refractivity contribution in [2.75, 3.05) is 26.2 Å². The number of nitrogens with zero attached hydrogens (tertiary/aromatic N) is 4. The molecule has 3 heterocycles. The lowest BCUT2D eigenvalue weighted by molar-refractivity contribution is -0.120. The molecule has 0 atom stereocenters. The van der Waals surface area contributed by atoms with Crippen LogP contribution in [0.4, 0.5) is 4.39 Å². The molecule has 4 rings (SSSR count). The summed E-state index contributed by atoms with van der Waals surface area (Å²) in [5.74, 6) is 2.37. The van der Waals surface area contributed by atoms with Crippen LogP contribution in [0, 0.1) is 5.82 Å². The minimum absolute atomic E-state index is 0.0859. The van der Waals surface area contributed by atoms with E-state index in [2.05, 4.69) is 38.0 Å². The molecule has 3 aromatic rings. The van der Waals surface area contributed by atoms with Gasteiger partial charge in [-0.05, 0) is 42.8 Å². The van der Waals surface area contributed by atoms with Gasteiger partial charge in [0.25, 0.3) is 0 Å². The van der Waals surface area contributed by atoms with Crippen LogP contribution >= 0.6 is 0 Å². The molecule has 168 valence electrons. The second-order valence-corrected chi connectivity index (χ2v) is 8.12. The summed E-state index contributed by atoms with van der Waals surface area (Å²) in [5, 5.41) is 11.6. The van der Waals surface area contributed by atoms with E-state index in [-0.39, 0.29) is 18.1 Å². The number of hydrogen-bond acceptors (Lipinski definition) is 5. The molecule has 8 heteroatoms. The van der Waals surface area contributed by atoms with Gasteiger partial charge >= 0.3 is 0 Å². The number of rotatable bonds is 8. The highest BCUT2D eigenvalue weighted by Crippen LogP contribution is 2.13. The summed E-state index contributed by atoms with van der Waals surface area (Å²) >= 11 is 0. The number of halogens is 1. The van der Waals surface area contributed by atoms with Crippen molar-refractivity contribution in [1.29, 1.82) is 0 Å². The van der Waals surface area contributed by atoms with Crippen molar-refractivity contribution < 1.29 is 13.6 Å². The Morgan fingerprint density at radius 2 is 2.03 bits per heavy atom. The molecule has 0 fully saturated rings. The Bertz CT molecular complexity index is 1060. The summed E-state index contributed by atoms with van der Waals surface area (Å²) < 4.78 is 20.6. The molecule has 0 saturated carbocycles. The molecule has 0 unspecified atom stereocenters. The van der Waals surface area contributed by atoms with E-state index in [1.807, 2.05) is 12.1 Å². The third-order valence-electron chi connectivity index (χ3n) is 5.55. The summed E-state index contributed by atoms with van der Waals surface area (Å²) in [7, 11) is 0. The summed E-state index contributed by atoms with van der Waals surface area (Å²) in [4.78, 5) is 14.6. The van der Waals surface area contributed by atoms with Gasteiger partial charge < -0.3 is 14.3 Å². The number of nitrogens with one attached hydrogen (secondary N) is 1. The molecule has 7 nitrogen and oxygen atoms in total. The van der Waals surface area contributed by atoms with Crippen molar-refractivity contribution in [2.45, 2.75) is 32.7 Å². The molecule has 2 aromatic heterocycles. The van der Waals surface area contributed by atoms with Gasteiger partial charge in [-0.1, -0.05) is 17.7 Å². The number of furan rings is 1. The number of amides is 1. The Labute approximate surface area is 186 Å². The Morgan fingerprint density at radius 1 is 1.19 bits per heavy atom. The van der Waals surface area contributed by atoms with Crippen molar-refractivity contribution in [2.24, 2.45) is 0 Å². The van der Waals surface area contributed by atoms with Crippen LogP contribution < -0.4 is 5.32 Å². The molecular weight excluding hydrogens is 409 g/mol. The highest BCUT2D eigenvalue weighted by Gasteiger charge is 2.19. The van der Waals surface area contributed by atoms with E-state index in [1.165, 1.54) is 17.7 Å². The lowest BCUT2D eigenvalue weighted by atomic mass is 10.1. The van der Waals surface area contributed by atoms with E-state index in [4.69, 9.17) is 4.42 Å². The molecule has 0 bridgehead atoms. The van der Waals surface area contributed by atoms with Crippen molar-refractivity contribution in [3.63, 3.8) is 0 Å². The van der Waals surface area contributed by atoms with Gasteiger partial charge in [0.15, 0.2) is 0 Å². The van der Waals surface area contributed by atoms with Gasteiger partial charge in [0.2, 0.25) is 5.91 Å². The minimum Gasteiger partial charge on any atom is -0.465 e. The largest absolute Gasteiger partial charge is 0.465 e. The van der Waals surface area contributed by atoms with E-state index in [1.54, 1.807) is 18.4 Å². The fraction of sp³-hybridized carbons (Fsp3) is 0.375. The standard InChI is InChI=1S/C24H28FN5O2/c1-18(15-21-3-2-14-32-21)17-29-11-9-23-28-27-22(30(23)13-12-29)8-10-26-24(31)16-19-4-6-20(25)7-5-19/h2-7,14-15H,8-13,16-17H2,1H3,(H,26,31)/b18-15+. The number of benzene rings is 1. The highest BCUT2D eigenvalue weighted by atomic mass is 19.1. The molecular formula is C24H28FN5O2. The first-order valence-corrected chi connectivity index (χ1v) is 10.9. The van der Waals surface area contributed by atoms with E-state index in [9.17, 15) is 9.18 Å². The molecule has 0 spiro atoms. The first-order chi connectivity index (χ1) is 15.6. The third kappa shape index (κ3) is 5.91. The smallest absolute Gasteiger partial charge is 0.224 e. The first kappa shape index (κ1) is 22.0. The molecule has 32 heavy (non-hydrogen) atoms. The summed E-state index contributed by atoms with van der Waals surface area (Å²) in [6, 6.07) is 9.84. The van der Waals surface area contributed by atoms with E-state index >= 15 is 0 Å². The van der Waals surface area contributed by atoms with Crippen molar-refractivity contribution in [3.8, 4) is 0 Å². The lowest BCUT2D eigenvalue weighted by Crippen LogP contribution is -2.29. The maximum Gasteiger partial charge on any atom is 0.224 e. The molecule has 1 aliphatic rings. The fourth-order valence-corrected chi connectivity index (χ4v) is 3.95. The van der Waals surface area contributed by atoms with Crippen molar-refractivity contribution in [3.05, 3.63) is 77.0 Å². The van der Waals surface area contributed by atoms with Crippen LogP contribution in [-0.4, -0.2) is 51.8 Å². The predicted octanol–water partition coefficient (Wildman–Crippen LogP) is 2.87. The van der Waals surface area contributed by atoms with Gasteiger partial charge in [-0.3, -0.25) is 9.69 Å². The molecule has 1 aromatic carbocycles. The monoisotopic (exact) mass is 437 g/mol. The SMILES string of the molecule is C/C(=C\c1ccco1)CN1CCc2nnc(CCNC(=O)Cc3ccc(F)cc3)n2CC1. The Hall–Kier alpha value is -3.26. The molecule has 1 N–H and O–H groups in total. The van der Waals surface area contributed by atoms with Gasteiger partial charge in [0, 0.05) is 45.6 Å². The Morgan fingerprint density at radius 3 is 2.81 bits per heavy atom. The molecule has 1 aliphatic heterocycles. The summed E-state index contributed by atoms with van der Waals surface area (Å²) in [5.41, 5.74) is 2.04. The topological polar surface area (TPSA) is 76.2 Å². The number of aromatic nitrogens is 3. The second-order valence-electron chi connectivity index (χ2n) is 8.12. The van der Waals surface area contributed by atoms with E-state index < -0.39 is 0 Å². The second kappa shape index (κ2) is 10.4. The normalized spacial score (nSPS) is 14.8. The van der Waals surface area contributed by atoms with Crippen LogP contribution in [0.25, 0.3) is 6.08 Å². The van der Waals surface area contributed by atoms with Crippen LogP contribution in [0.5, 0.6) is 0 Å². The molecule has 0 aliphatic carbocycles. The quantitative estimate of drug-likeness (QED) is 0.587. The van der Waals surface area contributed by atoms with Crippen LogP contribution in [0.3, 0.4) is 0 Å². The maximum atomic E-state index is 13.0. The summed E-state index contributed by atoms with van der Waals surface area (Å²) in [6.07, 6.45) is 5.46.